The largest absolute Gasteiger partial charge is 0.353 e. The van der Waals surface area contributed by atoms with Crippen molar-refractivity contribution < 1.29 is 14.1 Å². The van der Waals surface area contributed by atoms with E-state index >= 15 is 0 Å². The number of nitrogens with zero attached hydrogens (tertiary/aromatic N) is 1. The molecule has 1 aromatic heterocycles. The Bertz CT molecular complexity index is 330. The van der Waals surface area contributed by atoms with Gasteiger partial charge in [0.15, 0.2) is 0 Å². The minimum Gasteiger partial charge on any atom is -0.353 e. The maximum atomic E-state index is 11.2. The molecule has 1 aromatic rings. The molecule has 13 heavy (non-hydrogen) atoms. The first-order valence-corrected chi connectivity index (χ1v) is 3.80. The van der Waals surface area contributed by atoms with Crippen LogP contribution in [0, 0.1) is 6.92 Å². The minimum atomic E-state index is -0.282. The van der Waals surface area contributed by atoms with Gasteiger partial charge in [-0.2, -0.15) is 0 Å². The van der Waals surface area contributed by atoms with Crippen molar-refractivity contribution in [3.8, 4) is 0 Å². The normalized spacial score (nSPS) is 9.69. The predicted octanol–water partition coefficient (Wildman–Crippen LogP) is 0.302. The van der Waals surface area contributed by atoms with Gasteiger partial charge in [-0.1, -0.05) is 5.16 Å². The zero-order valence-corrected chi connectivity index (χ0v) is 7.46. The van der Waals surface area contributed by atoms with Gasteiger partial charge in [0.25, 0.3) is 0 Å². The Morgan fingerprint density at radius 3 is 2.77 bits per heavy atom. The van der Waals surface area contributed by atoms with Crippen LogP contribution in [0.1, 0.15) is 23.2 Å². The number of rotatable bonds is 3. The third kappa shape index (κ3) is 2.70. The number of nitrogens with one attached hydrogen (secondary N) is 1. The summed E-state index contributed by atoms with van der Waals surface area (Å²) in [5.41, 5.74) is 0.645. The van der Waals surface area contributed by atoms with Crippen LogP contribution < -0.4 is 5.32 Å². The van der Waals surface area contributed by atoms with E-state index in [0.717, 1.165) is 0 Å². The first-order chi connectivity index (χ1) is 6.09. The van der Waals surface area contributed by atoms with E-state index < -0.39 is 0 Å². The molecule has 0 atom stereocenters. The fourth-order valence-corrected chi connectivity index (χ4v) is 0.787. The topological polar surface area (TPSA) is 72.2 Å². The summed E-state index contributed by atoms with van der Waals surface area (Å²) in [6, 6.07) is 1.53. The molecule has 0 aliphatic heterocycles. The number of carbonyl (C=O) groups excluding carboxylic acids is 2. The van der Waals surface area contributed by atoms with Crippen molar-refractivity contribution in [1.82, 2.24) is 10.5 Å². The van der Waals surface area contributed by atoms with Crippen LogP contribution in [0.15, 0.2) is 10.6 Å². The average molecular weight is 182 g/mol. The summed E-state index contributed by atoms with van der Waals surface area (Å²) in [5.74, 6) is -0.355. The molecule has 0 radical (unpaired) electrons. The van der Waals surface area contributed by atoms with Crippen LogP contribution in [0.25, 0.3) is 0 Å². The van der Waals surface area contributed by atoms with E-state index in [-0.39, 0.29) is 24.0 Å². The van der Waals surface area contributed by atoms with Crippen molar-refractivity contribution in [2.75, 3.05) is 6.54 Å². The van der Waals surface area contributed by atoms with Gasteiger partial charge in [-0.25, -0.2) is 0 Å². The number of ketones is 1. The van der Waals surface area contributed by atoms with Crippen molar-refractivity contribution in [2.45, 2.75) is 13.8 Å². The summed E-state index contributed by atoms with van der Waals surface area (Å²) in [5, 5.41) is 5.93. The maximum Gasteiger partial charge on any atom is 0.219 e. The van der Waals surface area contributed by atoms with Crippen LogP contribution in [0.5, 0.6) is 0 Å². The smallest absolute Gasteiger partial charge is 0.219 e. The first-order valence-electron chi connectivity index (χ1n) is 3.80. The van der Waals surface area contributed by atoms with Gasteiger partial charge in [0.05, 0.1) is 12.2 Å². The maximum absolute atomic E-state index is 11.2. The van der Waals surface area contributed by atoms with E-state index in [2.05, 4.69) is 10.5 Å². The summed E-state index contributed by atoms with van der Waals surface area (Å²) in [6.45, 7) is 3.02. The van der Waals surface area contributed by atoms with Gasteiger partial charge in [-0.3, -0.25) is 9.59 Å². The quantitative estimate of drug-likeness (QED) is 0.682. The van der Waals surface area contributed by atoms with Crippen molar-refractivity contribution >= 4 is 11.7 Å². The fraction of sp³-hybridized carbons (Fsp3) is 0.375. The zero-order valence-electron chi connectivity index (χ0n) is 7.46. The molecule has 5 nitrogen and oxygen atoms in total. The lowest BCUT2D eigenvalue weighted by molar-refractivity contribution is -0.118. The molecule has 0 aliphatic rings. The molecule has 1 N–H and O–H groups in total. The Hall–Kier alpha value is -1.65. The average Bonchev–Trinajstić information content (AvgIpc) is 2.47. The predicted molar refractivity (Wildman–Crippen MR) is 44.3 cm³/mol. The summed E-state index contributed by atoms with van der Waals surface area (Å²) >= 11 is 0. The second kappa shape index (κ2) is 3.84. The first kappa shape index (κ1) is 9.44. The SMILES string of the molecule is CC(=O)NCC(=O)c1cc(C)no1. The van der Waals surface area contributed by atoms with E-state index in [9.17, 15) is 9.59 Å². The molecule has 0 saturated carbocycles. The van der Waals surface area contributed by atoms with Crippen LogP contribution >= 0.6 is 0 Å². The third-order valence-corrected chi connectivity index (χ3v) is 1.40. The molecule has 1 amide bonds. The number of hydrogen-bond acceptors (Lipinski definition) is 4. The van der Waals surface area contributed by atoms with E-state index in [0.29, 0.717) is 5.69 Å². The number of hydrogen-bond donors (Lipinski definition) is 1. The van der Waals surface area contributed by atoms with Crippen molar-refractivity contribution in [2.24, 2.45) is 0 Å². The Morgan fingerprint density at radius 1 is 1.62 bits per heavy atom. The lowest BCUT2D eigenvalue weighted by Gasteiger charge is -1.96. The Kier molecular flexibility index (Phi) is 2.79. The highest BCUT2D eigenvalue weighted by Gasteiger charge is 2.11. The minimum absolute atomic E-state index is 0.0516. The molecule has 1 rings (SSSR count). The lowest BCUT2D eigenvalue weighted by atomic mass is 10.3. The molecule has 0 fully saturated rings. The van der Waals surface area contributed by atoms with Gasteiger partial charge >= 0.3 is 0 Å². The van der Waals surface area contributed by atoms with Gasteiger partial charge in [0.2, 0.25) is 17.5 Å². The third-order valence-electron chi connectivity index (χ3n) is 1.40. The van der Waals surface area contributed by atoms with Gasteiger partial charge < -0.3 is 9.84 Å². The van der Waals surface area contributed by atoms with Crippen molar-refractivity contribution in [3.63, 3.8) is 0 Å². The highest BCUT2D eigenvalue weighted by atomic mass is 16.5. The second-order valence-corrected chi connectivity index (χ2v) is 2.67. The number of amides is 1. The zero-order chi connectivity index (χ0) is 9.84. The standard InChI is InChI=1S/C8H10N2O3/c1-5-3-8(13-10-5)7(12)4-9-6(2)11/h3H,4H2,1-2H3,(H,9,11). The Morgan fingerprint density at radius 2 is 2.31 bits per heavy atom. The molecular formula is C8H10N2O3. The molecule has 5 heteroatoms. The van der Waals surface area contributed by atoms with Crippen molar-refractivity contribution in [3.05, 3.63) is 17.5 Å². The number of aromatic nitrogens is 1. The number of aryl methyl sites for hydroxylation is 1. The molecular weight excluding hydrogens is 172 g/mol. The lowest BCUT2D eigenvalue weighted by Crippen LogP contribution is -2.26. The Labute approximate surface area is 75.1 Å². The van der Waals surface area contributed by atoms with Crippen LogP contribution in [-0.2, 0) is 4.79 Å². The van der Waals surface area contributed by atoms with Crippen LogP contribution in [0.2, 0.25) is 0 Å². The molecule has 0 aromatic carbocycles. The van der Waals surface area contributed by atoms with Crippen LogP contribution in [-0.4, -0.2) is 23.4 Å². The van der Waals surface area contributed by atoms with Gasteiger partial charge in [-0.15, -0.1) is 0 Å². The summed E-state index contributed by atoms with van der Waals surface area (Å²) in [6.07, 6.45) is 0. The summed E-state index contributed by atoms with van der Waals surface area (Å²) in [7, 11) is 0. The second-order valence-electron chi connectivity index (χ2n) is 2.67. The number of carbonyl (C=O) groups is 2. The molecule has 0 aliphatic carbocycles. The van der Waals surface area contributed by atoms with Gasteiger partial charge in [0.1, 0.15) is 0 Å². The molecule has 0 bridgehead atoms. The molecule has 0 spiro atoms. The monoisotopic (exact) mass is 182 g/mol. The number of Topliss-reactive ketones (excluding diaryl/α,β-unsaturated/α-hetero) is 1. The van der Waals surface area contributed by atoms with E-state index in [1.165, 1.54) is 13.0 Å². The van der Waals surface area contributed by atoms with Crippen LogP contribution in [0.3, 0.4) is 0 Å². The van der Waals surface area contributed by atoms with E-state index in [1.54, 1.807) is 6.92 Å². The van der Waals surface area contributed by atoms with Gasteiger partial charge in [-0.05, 0) is 6.92 Å². The Balaban J connectivity index is 2.54. The molecule has 0 unspecified atom stereocenters. The summed E-state index contributed by atoms with van der Waals surface area (Å²) < 4.78 is 4.71. The van der Waals surface area contributed by atoms with E-state index in [1.807, 2.05) is 0 Å². The fourth-order valence-electron chi connectivity index (χ4n) is 0.787. The highest BCUT2D eigenvalue weighted by Crippen LogP contribution is 2.01. The van der Waals surface area contributed by atoms with E-state index in [4.69, 9.17) is 4.52 Å². The molecule has 1 heterocycles. The van der Waals surface area contributed by atoms with Crippen molar-refractivity contribution in [1.29, 1.82) is 0 Å². The highest BCUT2D eigenvalue weighted by molar-refractivity contribution is 5.96. The molecule has 70 valence electrons. The molecule has 0 saturated heterocycles. The summed E-state index contributed by atoms with van der Waals surface area (Å²) in [4.78, 5) is 21.7. The van der Waals surface area contributed by atoms with Crippen LogP contribution in [0.4, 0.5) is 0 Å². The van der Waals surface area contributed by atoms with Gasteiger partial charge in [0, 0.05) is 13.0 Å².